The van der Waals surface area contributed by atoms with Gasteiger partial charge in [-0.15, -0.1) is 0 Å². The first-order chi connectivity index (χ1) is 6.52. The highest BCUT2D eigenvalue weighted by atomic mass is 16.5. The second-order valence-corrected chi connectivity index (χ2v) is 4.18. The van der Waals surface area contributed by atoms with Crippen molar-refractivity contribution >= 4 is 5.84 Å². The molecule has 3 N–H and O–H groups in total. The number of nitrogens with one attached hydrogen (secondary N) is 1. The van der Waals surface area contributed by atoms with Gasteiger partial charge in [-0.1, -0.05) is 0 Å². The minimum atomic E-state index is 0.260. The molecule has 1 fully saturated rings. The summed E-state index contributed by atoms with van der Waals surface area (Å²) in [5.74, 6) is 0.260. The molecule has 0 aliphatic carbocycles. The van der Waals surface area contributed by atoms with E-state index in [0.717, 1.165) is 13.0 Å². The molecule has 4 nitrogen and oxygen atoms in total. The second kappa shape index (κ2) is 4.75. The molecule has 1 heterocycles. The molecule has 0 spiro atoms. The zero-order valence-electron chi connectivity index (χ0n) is 9.29. The predicted octanol–water partition coefficient (Wildman–Crippen LogP) is 0.810. The first-order valence-corrected chi connectivity index (χ1v) is 5.18. The van der Waals surface area contributed by atoms with E-state index in [4.69, 9.17) is 15.9 Å². The van der Waals surface area contributed by atoms with E-state index in [0.29, 0.717) is 24.6 Å². The van der Waals surface area contributed by atoms with Crippen LogP contribution in [0.4, 0.5) is 0 Å². The molecular weight excluding hydrogens is 178 g/mol. The molecule has 1 aliphatic rings. The summed E-state index contributed by atoms with van der Waals surface area (Å²) in [6.45, 7) is 5.06. The molecule has 14 heavy (non-hydrogen) atoms. The lowest BCUT2D eigenvalue weighted by Crippen LogP contribution is -2.43. The van der Waals surface area contributed by atoms with Gasteiger partial charge in [0.05, 0.1) is 11.9 Å². The summed E-state index contributed by atoms with van der Waals surface area (Å²) in [5.41, 5.74) is 5.39. The Hall–Kier alpha value is -0.610. The fourth-order valence-corrected chi connectivity index (χ4v) is 2.04. The van der Waals surface area contributed by atoms with Crippen molar-refractivity contribution in [2.75, 3.05) is 13.7 Å². The van der Waals surface area contributed by atoms with Crippen LogP contribution in [0.5, 0.6) is 0 Å². The Bertz CT molecular complexity index is 208. The van der Waals surface area contributed by atoms with E-state index in [1.807, 2.05) is 0 Å². The van der Waals surface area contributed by atoms with Crippen LogP contribution in [0.15, 0.2) is 0 Å². The Labute approximate surface area is 85.9 Å². The molecule has 0 saturated carbocycles. The highest BCUT2D eigenvalue weighted by Gasteiger charge is 2.30. The van der Waals surface area contributed by atoms with Gasteiger partial charge in [0.25, 0.3) is 0 Å². The summed E-state index contributed by atoms with van der Waals surface area (Å²) in [6.07, 6.45) is 2.02. The molecule has 0 bridgehead atoms. The van der Waals surface area contributed by atoms with Gasteiger partial charge in [-0.25, -0.2) is 0 Å². The van der Waals surface area contributed by atoms with E-state index >= 15 is 0 Å². The molecule has 3 unspecified atom stereocenters. The monoisotopic (exact) mass is 199 g/mol. The summed E-state index contributed by atoms with van der Waals surface area (Å²) in [5, 5.41) is 7.26. The van der Waals surface area contributed by atoms with Gasteiger partial charge in [0, 0.05) is 25.1 Å². The maximum atomic E-state index is 7.26. The number of amidine groups is 1. The van der Waals surface area contributed by atoms with Gasteiger partial charge < -0.3 is 10.5 Å². The van der Waals surface area contributed by atoms with Gasteiger partial charge >= 0.3 is 0 Å². The highest BCUT2D eigenvalue weighted by Crippen LogP contribution is 2.20. The van der Waals surface area contributed by atoms with E-state index in [1.165, 1.54) is 0 Å². The molecule has 0 radical (unpaired) electrons. The third kappa shape index (κ3) is 2.69. The molecule has 0 amide bonds. The predicted molar refractivity (Wildman–Crippen MR) is 57.6 cm³/mol. The summed E-state index contributed by atoms with van der Waals surface area (Å²) in [7, 11) is 2.09. The van der Waals surface area contributed by atoms with Crippen molar-refractivity contribution in [2.45, 2.75) is 44.9 Å². The SMILES string of the molecule is CC1OCCC1N(C)C(C)CC(=N)N. The minimum absolute atomic E-state index is 0.260. The molecule has 1 saturated heterocycles. The largest absolute Gasteiger partial charge is 0.388 e. The lowest BCUT2D eigenvalue weighted by atomic mass is 10.1. The van der Waals surface area contributed by atoms with Crippen molar-refractivity contribution < 1.29 is 4.74 Å². The van der Waals surface area contributed by atoms with Gasteiger partial charge in [-0.2, -0.15) is 0 Å². The number of hydrogen-bond acceptors (Lipinski definition) is 3. The van der Waals surface area contributed by atoms with Crippen LogP contribution in [-0.2, 0) is 4.74 Å². The van der Waals surface area contributed by atoms with Gasteiger partial charge in [0.1, 0.15) is 0 Å². The zero-order chi connectivity index (χ0) is 10.7. The summed E-state index contributed by atoms with van der Waals surface area (Å²) < 4.78 is 5.52. The fourth-order valence-electron chi connectivity index (χ4n) is 2.04. The average Bonchev–Trinajstić information content (AvgIpc) is 2.48. The number of rotatable bonds is 4. The van der Waals surface area contributed by atoms with Crippen molar-refractivity contribution in [3.8, 4) is 0 Å². The van der Waals surface area contributed by atoms with Crippen molar-refractivity contribution in [3.05, 3.63) is 0 Å². The van der Waals surface area contributed by atoms with Gasteiger partial charge in [-0.05, 0) is 27.3 Å². The van der Waals surface area contributed by atoms with E-state index in [1.54, 1.807) is 0 Å². The number of ether oxygens (including phenoxy) is 1. The van der Waals surface area contributed by atoms with Gasteiger partial charge in [0.2, 0.25) is 0 Å². The van der Waals surface area contributed by atoms with E-state index in [9.17, 15) is 0 Å². The van der Waals surface area contributed by atoms with Crippen molar-refractivity contribution in [1.82, 2.24) is 4.90 Å². The van der Waals surface area contributed by atoms with Crippen LogP contribution in [0.2, 0.25) is 0 Å². The van der Waals surface area contributed by atoms with Crippen LogP contribution in [0, 0.1) is 5.41 Å². The van der Waals surface area contributed by atoms with Crippen LogP contribution in [-0.4, -0.2) is 42.6 Å². The van der Waals surface area contributed by atoms with E-state index in [2.05, 4.69) is 25.8 Å². The molecule has 1 aliphatic heterocycles. The van der Waals surface area contributed by atoms with Crippen LogP contribution in [0.1, 0.15) is 26.7 Å². The van der Waals surface area contributed by atoms with Crippen LogP contribution >= 0.6 is 0 Å². The smallest absolute Gasteiger partial charge is 0.0920 e. The lowest BCUT2D eigenvalue weighted by molar-refractivity contribution is 0.0716. The van der Waals surface area contributed by atoms with E-state index in [-0.39, 0.29) is 5.84 Å². The number of nitrogens with two attached hydrogens (primary N) is 1. The van der Waals surface area contributed by atoms with Crippen LogP contribution in [0.25, 0.3) is 0 Å². The summed E-state index contributed by atoms with van der Waals surface area (Å²) in [6, 6.07) is 0.797. The fraction of sp³-hybridized carbons (Fsp3) is 0.900. The maximum absolute atomic E-state index is 7.26. The molecule has 0 aromatic rings. The number of likely N-dealkylation sites (N-methyl/N-ethyl adjacent to an activating group) is 1. The Morgan fingerprint density at radius 3 is 2.79 bits per heavy atom. The maximum Gasteiger partial charge on any atom is 0.0920 e. The Morgan fingerprint density at radius 2 is 2.36 bits per heavy atom. The van der Waals surface area contributed by atoms with Crippen LogP contribution < -0.4 is 5.73 Å². The zero-order valence-corrected chi connectivity index (χ0v) is 9.29. The number of nitrogens with zero attached hydrogens (tertiary/aromatic N) is 1. The third-order valence-corrected chi connectivity index (χ3v) is 3.07. The molecule has 1 rings (SSSR count). The topological polar surface area (TPSA) is 62.3 Å². The van der Waals surface area contributed by atoms with Crippen molar-refractivity contribution in [1.29, 1.82) is 5.41 Å². The molecule has 3 atom stereocenters. The Kier molecular flexibility index (Phi) is 3.89. The van der Waals surface area contributed by atoms with Crippen molar-refractivity contribution in [3.63, 3.8) is 0 Å². The standard InChI is InChI=1S/C10H21N3O/c1-7(6-10(11)12)13(3)9-4-5-14-8(9)2/h7-9H,4-6H2,1-3H3,(H3,11,12). The molecule has 0 aromatic heterocycles. The quantitative estimate of drug-likeness (QED) is 0.520. The average molecular weight is 199 g/mol. The first-order valence-electron chi connectivity index (χ1n) is 5.18. The lowest BCUT2D eigenvalue weighted by Gasteiger charge is -2.32. The third-order valence-electron chi connectivity index (χ3n) is 3.07. The molecule has 82 valence electrons. The Balaban J connectivity index is 2.46. The molecule has 0 aromatic carbocycles. The minimum Gasteiger partial charge on any atom is -0.388 e. The summed E-state index contributed by atoms with van der Waals surface area (Å²) in [4.78, 5) is 2.28. The number of hydrogen-bond donors (Lipinski definition) is 2. The van der Waals surface area contributed by atoms with Crippen LogP contribution in [0.3, 0.4) is 0 Å². The van der Waals surface area contributed by atoms with Crippen molar-refractivity contribution in [2.24, 2.45) is 5.73 Å². The highest BCUT2D eigenvalue weighted by molar-refractivity contribution is 5.77. The first kappa shape index (κ1) is 11.5. The van der Waals surface area contributed by atoms with Gasteiger partial charge in [-0.3, -0.25) is 10.3 Å². The second-order valence-electron chi connectivity index (χ2n) is 4.18. The van der Waals surface area contributed by atoms with E-state index < -0.39 is 0 Å². The van der Waals surface area contributed by atoms with Gasteiger partial charge in [0.15, 0.2) is 0 Å². The molecule has 4 heteroatoms. The summed E-state index contributed by atoms with van der Waals surface area (Å²) >= 11 is 0. The Morgan fingerprint density at radius 1 is 1.71 bits per heavy atom. The molecular formula is C10H21N3O. The normalized spacial score (nSPS) is 29.4.